The molecule has 1 heterocycles. The number of carbonyl (C=O) groups excluding carboxylic acids is 1. The van der Waals surface area contributed by atoms with Gasteiger partial charge in [0.15, 0.2) is 11.5 Å². The number of rotatable bonds is 8. The van der Waals surface area contributed by atoms with Crippen LogP contribution in [0.25, 0.3) is 21.9 Å². The Hall–Kier alpha value is -3.47. The van der Waals surface area contributed by atoms with Crippen LogP contribution in [-0.2, 0) is 17.6 Å². The molecular weight excluding hydrogens is 390 g/mol. The Morgan fingerprint density at radius 1 is 0.968 bits per heavy atom. The number of methoxy groups -OCH3 is 2. The lowest BCUT2D eigenvalue weighted by Crippen LogP contribution is -2.34. The van der Waals surface area contributed by atoms with Crippen molar-refractivity contribution < 1.29 is 18.7 Å². The summed E-state index contributed by atoms with van der Waals surface area (Å²) in [6.07, 6.45) is 1.73. The molecule has 0 saturated carbocycles. The highest BCUT2D eigenvalue weighted by atomic mass is 16.5. The Morgan fingerprint density at radius 2 is 1.77 bits per heavy atom. The summed E-state index contributed by atoms with van der Waals surface area (Å²) in [6, 6.07) is 20.0. The number of amides is 1. The number of nitrogens with one attached hydrogen (secondary N) is 1. The normalized spacial score (nSPS) is 12.1. The van der Waals surface area contributed by atoms with Crippen LogP contribution < -0.4 is 14.8 Å². The molecule has 0 saturated heterocycles. The van der Waals surface area contributed by atoms with Gasteiger partial charge in [-0.05, 0) is 55.2 Å². The first-order chi connectivity index (χ1) is 15.1. The van der Waals surface area contributed by atoms with Crippen LogP contribution in [0.15, 0.2) is 65.1 Å². The van der Waals surface area contributed by atoms with Gasteiger partial charge in [0, 0.05) is 23.2 Å². The number of benzene rings is 3. The zero-order valence-corrected chi connectivity index (χ0v) is 18.1. The molecule has 1 N–H and O–H groups in total. The maximum atomic E-state index is 12.5. The highest BCUT2D eigenvalue weighted by Crippen LogP contribution is 2.31. The van der Waals surface area contributed by atoms with Crippen molar-refractivity contribution in [2.75, 3.05) is 14.2 Å². The topological polar surface area (TPSA) is 60.7 Å². The lowest BCUT2D eigenvalue weighted by molar-refractivity contribution is -0.121. The van der Waals surface area contributed by atoms with Crippen molar-refractivity contribution in [2.45, 2.75) is 32.2 Å². The molecule has 3 aromatic carbocycles. The van der Waals surface area contributed by atoms with Crippen LogP contribution in [0, 0.1) is 0 Å². The smallest absolute Gasteiger partial charge is 0.220 e. The van der Waals surface area contributed by atoms with Gasteiger partial charge in [-0.2, -0.15) is 0 Å². The number of para-hydroxylation sites is 2. The van der Waals surface area contributed by atoms with E-state index in [1.165, 1.54) is 5.56 Å². The summed E-state index contributed by atoms with van der Waals surface area (Å²) in [6.45, 7) is 2.03. The van der Waals surface area contributed by atoms with Crippen molar-refractivity contribution in [3.8, 4) is 11.5 Å². The van der Waals surface area contributed by atoms with Gasteiger partial charge >= 0.3 is 0 Å². The van der Waals surface area contributed by atoms with E-state index in [4.69, 9.17) is 13.9 Å². The molecule has 1 amide bonds. The first kappa shape index (κ1) is 20.8. The minimum atomic E-state index is 0.0206. The van der Waals surface area contributed by atoms with Crippen LogP contribution in [0.4, 0.5) is 0 Å². The lowest BCUT2D eigenvalue weighted by atomic mass is 10.0. The minimum absolute atomic E-state index is 0.0206. The van der Waals surface area contributed by atoms with Crippen LogP contribution in [-0.4, -0.2) is 26.2 Å². The number of hydrogen-bond donors (Lipinski definition) is 1. The molecule has 160 valence electrons. The van der Waals surface area contributed by atoms with E-state index >= 15 is 0 Å². The van der Waals surface area contributed by atoms with Gasteiger partial charge in [-0.3, -0.25) is 4.79 Å². The Bertz CT molecular complexity index is 1210. The van der Waals surface area contributed by atoms with Crippen LogP contribution >= 0.6 is 0 Å². The zero-order valence-electron chi connectivity index (χ0n) is 18.1. The summed E-state index contributed by atoms with van der Waals surface area (Å²) in [5.74, 6) is 1.38. The molecule has 0 fully saturated rings. The molecule has 0 aliphatic rings. The van der Waals surface area contributed by atoms with Crippen molar-refractivity contribution in [3.63, 3.8) is 0 Å². The summed E-state index contributed by atoms with van der Waals surface area (Å²) in [5.41, 5.74) is 3.90. The van der Waals surface area contributed by atoms with E-state index < -0.39 is 0 Å². The molecule has 0 spiro atoms. The number of furan rings is 1. The van der Waals surface area contributed by atoms with E-state index in [1.54, 1.807) is 14.2 Å². The van der Waals surface area contributed by atoms with E-state index in [-0.39, 0.29) is 11.9 Å². The predicted octanol–water partition coefficient (Wildman–Crippen LogP) is 5.28. The molecule has 4 aromatic rings. The predicted molar refractivity (Wildman–Crippen MR) is 123 cm³/mol. The average Bonchev–Trinajstić information content (AvgIpc) is 3.15. The molecule has 4 rings (SSSR count). The SMILES string of the molecule is COc1cccc(CCC(=O)N[C@H](C)Cc2ccc3oc4ccccc4c3c2)c1OC. The molecule has 5 heteroatoms. The number of carbonyl (C=O) groups is 1. The van der Waals surface area contributed by atoms with Crippen molar-refractivity contribution in [2.24, 2.45) is 0 Å². The van der Waals surface area contributed by atoms with Gasteiger partial charge < -0.3 is 19.2 Å². The zero-order chi connectivity index (χ0) is 21.8. The minimum Gasteiger partial charge on any atom is -0.493 e. The quantitative estimate of drug-likeness (QED) is 0.424. The number of fused-ring (bicyclic) bond motifs is 3. The van der Waals surface area contributed by atoms with E-state index in [0.29, 0.717) is 24.3 Å². The number of aryl methyl sites for hydroxylation is 1. The number of ether oxygens (including phenoxy) is 2. The van der Waals surface area contributed by atoms with Gasteiger partial charge in [-0.15, -0.1) is 0 Å². The molecule has 1 atom stereocenters. The fourth-order valence-electron chi connectivity index (χ4n) is 4.05. The largest absolute Gasteiger partial charge is 0.493 e. The third kappa shape index (κ3) is 4.50. The molecule has 1 aromatic heterocycles. The first-order valence-electron chi connectivity index (χ1n) is 10.5. The summed E-state index contributed by atoms with van der Waals surface area (Å²) in [4.78, 5) is 12.5. The Kier molecular flexibility index (Phi) is 6.12. The summed E-state index contributed by atoms with van der Waals surface area (Å²) < 4.78 is 16.7. The summed E-state index contributed by atoms with van der Waals surface area (Å²) in [5, 5.41) is 5.33. The molecule has 5 nitrogen and oxygen atoms in total. The third-order valence-electron chi connectivity index (χ3n) is 5.50. The third-order valence-corrected chi connectivity index (χ3v) is 5.50. The highest BCUT2D eigenvalue weighted by Gasteiger charge is 2.14. The second-order valence-electron chi connectivity index (χ2n) is 7.75. The van der Waals surface area contributed by atoms with Gasteiger partial charge in [-0.1, -0.05) is 36.4 Å². The van der Waals surface area contributed by atoms with Crippen molar-refractivity contribution in [3.05, 3.63) is 71.8 Å². The maximum absolute atomic E-state index is 12.5. The monoisotopic (exact) mass is 417 g/mol. The van der Waals surface area contributed by atoms with Gasteiger partial charge in [0.1, 0.15) is 11.2 Å². The van der Waals surface area contributed by atoms with Crippen molar-refractivity contribution in [1.29, 1.82) is 0 Å². The van der Waals surface area contributed by atoms with Gasteiger partial charge in [0.05, 0.1) is 14.2 Å². The van der Waals surface area contributed by atoms with E-state index in [9.17, 15) is 4.79 Å². The van der Waals surface area contributed by atoms with E-state index in [2.05, 4.69) is 23.5 Å². The standard InChI is InChI=1S/C26H27NO4/c1-17(27-25(28)14-12-19-7-6-10-24(29-2)26(19)30-3)15-18-11-13-23-21(16-18)20-8-4-5-9-22(20)31-23/h4-11,13,16-17H,12,14-15H2,1-3H3,(H,27,28)/t17-/m1/s1. The van der Waals surface area contributed by atoms with Gasteiger partial charge in [-0.25, -0.2) is 0 Å². The molecule has 0 unspecified atom stereocenters. The van der Waals surface area contributed by atoms with Crippen LogP contribution in [0.1, 0.15) is 24.5 Å². The fourth-order valence-corrected chi connectivity index (χ4v) is 4.05. The first-order valence-corrected chi connectivity index (χ1v) is 10.5. The summed E-state index contributed by atoms with van der Waals surface area (Å²) >= 11 is 0. The Balaban J connectivity index is 1.38. The second-order valence-corrected chi connectivity index (χ2v) is 7.75. The average molecular weight is 418 g/mol. The fraction of sp³-hybridized carbons (Fsp3) is 0.269. The number of hydrogen-bond acceptors (Lipinski definition) is 4. The van der Waals surface area contributed by atoms with Crippen molar-refractivity contribution in [1.82, 2.24) is 5.32 Å². The van der Waals surface area contributed by atoms with E-state index in [1.807, 2.05) is 49.4 Å². The molecule has 0 aliphatic heterocycles. The van der Waals surface area contributed by atoms with Crippen LogP contribution in [0.5, 0.6) is 11.5 Å². The van der Waals surface area contributed by atoms with Gasteiger partial charge in [0.2, 0.25) is 5.91 Å². The maximum Gasteiger partial charge on any atom is 0.220 e. The molecular formula is C26H27NO4. The molecule has 0 bridgehead atoms. The molecule has 31 heavy (non-hydrogen) atoms. The van der Waals surface area contributed by atoms with Crippen LogP contribution in [0.2, 0.25) is 0 Å². The van der Waals surface area contributed by atoms with Gasteiger partial charge in [0.25, 0.3) is 0 Å². The summed E-state index contributed by atoms with van der Waals surface area (Å²) in [7, 11) is 3.23. The Morgan fingerprint density at radius 3 is 2.58 bits per heavy atom. The lowest BCUT2D eigenvalue weighted by Gasteiger charge is -2.15. The second kappa shape index (κ2) is 9.13. The van der Waals surface area contributed by atoms with Crippen molar-refractivity contribution >= 4 is 27.8 Å². The van der Waals surface area contributed by atoms with Crippen LogP contribution in [0.3, 0.4) is 0 Å². The Labute approximate surface area is 182 Å². The molecule has 0 aliphatic carbocycles. The molecule has 0 radical (unpaired) electrons. The van der Waals surface area contributed by atoms with E-state index in [0.717, 1.165) is 33.9 Å². The highest BCUT2D eigenvalue weighted by molar-refractivity contribution is 6.04.